The average Bonchev–Trinajstić information content (AvgIpc) is 2.75. The van der Waals surface area contributed by atoms with Crippen LogP contribution in [0.3, 0.4) is 0 Å². The molecule has 0 bridgehead atoms. The maximum atomic E-state index is 12.8. The molecule has 2 aromatic carbocycles. The summed E-state index contributed by atoms with van der Waals surface area (Å²) in [6, 6.07) is 14.3. The first-order chi connectivity index (χ1) is 14.8. The zero-order valence-corrected chi connectivity index (χ0v) is 17.3. The van der Waals surface area contributed by atoms with Crippen molar-refractivity contribution in [3.63, 3.8) is 0 Å². The van der Waals surface area contributed by atoms with Gasteiger partial charge in [0.1, 0.15) is 17.2 Å². The minimum Gasteiger partial charge on any atom is -0.508 e. The second-order valence-electron chi connectivity index (χ2n) is 7.84. The van der Waals surface area contributed by atoms with Gasteiger partial charge in [-0.05, 0) is 42.7 Å². The first-order valence-corrected chi connectivity index (χ1v) is 9.91. The van der Waals surface area contributed by atoms with Crippen molar-refractivity contribution in [2.75, 3.05) is 6.61 Å². The monoisotopic (exact) mass is 421 g/mol. The number of aromatic nitrogens is 2. The van der Waals surface area contributed by atoms with Crippen molar-refractivity contribution in [3.05, 3.63) is 76.0 Å². The van der Waals surface area contributed by atoms with Gasteiger partial charge in [-0.15, -0.1) is 0 Å². The van der Waals surface area contributed by atoms with Gasteiger partial charge in [-0.1, -0.05) is 36.4 Å². The van der Waals surface area contributed by atoms with Crippen molar-refractivity contribution in [1.29, 1.82) is 0 Å². The molecule has 0 unspecified atom stereocenters. The molecule has 0 radical (unpaired) electrons. The van der Waals surface area contributed by atoms with Crippen molar-refractivity contribution in [1.82, 2.24) is 14.9 Å². The highest BCUT2D eigenvalue weighted by Crippen LogP contribution is 2.28. The Balaban J connectivity index is 1.63. The molecule has 1 amide bonds. The van der Waals surface area contributed by atoms with Crippen LogP contribution >= 0.6 is 0 Å². The van der Waals surface area contributed by atoms with Crippen LogP contribution in [0.1, 0.15) is 35.7 Å². The predicted molar refractivity (Wildman–Crippen MR) is 114 cm³/mol. The Hall–Kier alpha value is -3.65. The minimum atomic E-state index is -0.859. The van der Waals surface area contributed by atoms with Gasteiger partial charge in [0, 0.05) is 6.54 Å². The van der Waals surface area contributed by atoms with Crippen LogP contribution in [-0.4, -0.2) is 32.3 Å². The van der Waals surface area contributed by atoms with Crippen molar-refractivity contribution in [2.45, 2.75) is 32.5 Å². The number of fused-ring (bicyclic) bond motifs is 1. The smallest absolute Gasteiger partial charge is 0.296 e. The van der Waals surface area contributed by atoms with Crippen LogP contribution < -0.4 is 10.9 Å². The maximum absolute atomic E-state index is 12.8. The molecule has 8 heteroatoms. The number of nitrogens with one attached hydrogen (secondary N) is 1. The average molecular weight is 421 g/mol. The van der Waals surface area contributed by atoms with Gasteiger partial charge in [-0.3, -0.25) is 14.2 Å². The summed E-state index contributed by atoms with van der Waals surface area (Å²) in [4.78, 5) is 29.7. The summed E-state index contributed by atoms with van der Waals surface area (Å²) in [6.07, 6.45) is 0. The second kappa shape index (κ2) is 7.88. The van der Waals surface area contributed by atoms with Gasteiger partial charge in [0.15, 0.2) is 5.69 Å². The van der Waals surface area contributed by atoms with E-state index in [9.17, 15) is 19.8 Å². The largest absolute Gasteiger partial charge is 0.508 e. The number of rotatable bonds is 4. The minimum absolute atomic E-state index is 0.143. The molecule has 31 heavy (non-hydrogen) atoms. The maximum Gasteiger partial charge on any atom is 0.296 e. The van der Waals surface area contributed by atoms with E-state index >= 15 is 0 Å². The van der Waals surface area contributed by atoms with Crippen LogP contribution in [0.2, 0.25) is 0 Å². The summed E-state index contributed by atoms with van der Waals surface area (Å²) in [6.45, 7) is 4.24. The number of hydrogen-bond acceptors (Lipinski definition) is 6. The first-order valence-electron chi connectivity index (χ1n) is 9.91. The summed E-state index contributed by atoms with van der Waals surface area (Å²) in [5.41, 5.74) is 0.602. The van der Waals surface area contributed by atoms with Gasteiger partial charge in [0.05, 0.1) is 13.2 Å². The van der Waals surface area contributed by atoms with Gasteiger partial charge in [-0.25, -0.2) is 4.98 Å². The van der Waals surface area contributed by atoms with Crippen LogP contribution in [0.25, 0.3) is 11.1 Å². The summed E-state index contributed by atoms with van der Waals surface area (Å²) in [7, 11) is 0. The molecule has 0 aliphatic carbocycles. The van der Waals surface area contributed by atoms with Gasteiger partial charge >= 0.3 is 0 Å². The van der Waals surface area contributed by atoms with E-state index < -0.39 is 22.8 Å². The molecule has 0 atom stereocenters. The molecule has 2 heterocycles. The molecule has 8 nitrogen and oxygen atoms in total. The van der Waals surface area contributed by atoms with E-state index in [1.807, 2.05) is 30.3 Å². The Labute approximate surface area is 178 Å². The lowest BCUT2D eigenvalue weighted by atomic mass is 9.99. The lowest BCUT2D eigenvalue weighted by Gasteiger charge is -2.32. The molecule has 1 aromatic heterocycles. The fourth-order valence-electron chi connectivity index (χ4n) is 3.72. The summed E-state index contributed by atoms with van der Waals surface area (Å²) in [5, 5.41) is 22.8. The van der Waals surface area contributed by atoms with Gasteiger partial charge in [0.25, 0.3) is 11.5 Å². The quantitative estimate of drug-likeness (QED) is 0.597. The van der Waals surface area contributed by atoms with E-state index in [0.717, 1.165) is 16.7 Å². The molecule has 0 saturated carbocycles. The van der Waals surface area contributed by atoms with Crippen LogP contribution in [0, 0.1) is 0 Å². The van der Waals surface area contributed by atoms with Crippen molar-refractivity contribution in [2.24, 2.45) is 0 Å². The Morgan fingerprint density at radius 1 is 1.19 bits per heavy atom. The van der Waals surface area contributed by atoms with E-state index in [0.29, 0.717) is 12.4 Å². The molecular formula is C23H23N3O5. The molecule has 1 aliphatic rings. The van der Waals surface area contributed by atoms with E-state index in [2.05, 4.69) is 10.3 Å². The molecule has 160 valence electrons. The molecule has 3 aromatic rings. The number of aromatic hydroxyl groups is 2. The topological polar surface area (TPSA) is 114 Å². The third kappa shape index (κ3) is 3.89. The van der Waals surface area contributed by atoms with Crippen LogP contribution in [0.4, 0.5) is 0 Å². The van der Waals surface area contributed by atoms with Crippen molar-refractivity contribution in [3.8, 4) is 22.6 Å². The number of ether oxygens (including phenoxy) is 1. The Morgan fingerprint density at radius 2 is 1.97 bits per heavy atom. The zero-order chi connectivity index (χ0) is 22.2. The lowest BCUT2D eigenvalue weighted by molar-refractivity contribution is -0.0566. The second-order valence-corrected chi connectivity index (χ2v) is 7.84. The van der Waals surface area contributed by atoms with Crippen LogP contribution in [0.5, 0.6) is 11.5 Å². The van der Waals surface area contributed by atoms with Crippen molar-refractivity contribution >= 4 is 5.91 Å². The van der Waals surface area contributed by atoms with E-state index in [1.54, 1.807) is 32.0 Å². The Kier molecular flexibility index (Phi) is 5.24. The standard InChI is InChI=1S/C23H23N3O5/c1-23(2)22-25-18(19(28)21(30)26(22)10-11-31-23)20(29)24-13-15-6-3-4-9-17(15)14-7-5-8-16(27)12-14/h3-9,12,27-28H,10-11,13H2,1-2H3,(H,24,29). The van der Waals surface area contributed by atoms with E-state index in [4.69, 9.17) is 4.74 Å². The van der Waals surface area contributed by atoms with Gasteiger partial charge in [0.2, 0.25) is 5.75 Å². The Bertz CT molecular complexity index is 1220. The van der Waals surface area contributed by atoms with Gasteiger partial charge < -0.3 is 20.3 Å². The SMILES string of the molecule is CC1(C)OCCn2c1nc(C(=O)NCc1ccccc1-c1cccc(O)c1)c(O)c2=O. The molecule has 0 saturated heterocycles. The summed E-state index contributed by atoms with van der Waals surface area (Å²) < 4.78 is 7.01. The number of carbonyl (C=O) groups excluding carboxylic acids is 1. The third-order valence-corrected chi connectivity index (χ3v) is 5.29. The molecule has 1 aliphatic heterocycles. The highest BCUT2D eigenvalue weighted by atomic mass is 16.5. The molecular weight excluding hydrogens is 398 g/mol. The predicted octanol–water partition coefficient (Wildman–Crippen LogP) is 2.52. The Morgan fingerprint density at radius 3 is 2.74 bits per heavy atom. The number of hydrogen-bond donors (Lipinski definition) is 3. The van der Waals surface area contributed by atoms with Crippen LogP contribution in [-0.2, 0) is 23.4 Å². The molecule has 0 spiro atoms. The number of carbonyl (C=O) groups is 1. The third-order valence-electron chi connectivity index (χ3n) is 5.29. The fourth-order valence-corrected chi connectivity index (χ4v) is 3.72. The van der Waals surface area contributed by atoms with E-state index in [-0.39, 0.29) is 24.5 Å². The zero-order valence-electron chi connectivity index (χ0n) is 17.3. The number of amides is 1. The first kappa shape index (κ1) is 20.6. The summed E-state index contributed by atoms with van der Waals surface area (Å²) in [5.74, 6) is -0.901. The van der Waals surface area contributed by atoms with Gasteiger partial charge in [-0.2, -0.15) is 0 Å². The number of benzene rings is 2. The highest BCUT2D eigenvalue weighted by Gasteiger charge is 2.34. The normalized spacial score (nSPS) is 14.6. The van der Waals surface area contributed by atoms with Crippen LogP contribution in [0.15, 0.2) is 53.3 Å². The lowest BCUT2D eigenvalue weighted by Crippen LogP contribution is -2.42. The fraction of sp³-hybridized carbons (Fsp3) is 0.261. The molecule has 0 fully saturated rings. The number of nitrogens with zero attached hydrogens (tertiary/aromatic N) is 2. The number of phenolic OH excluding ortho intramolecular Hbond substituents is 1. The summed E-state index contributed by atoms with van der Waals surface area (Å²) >= 11 is 0. The highest BCUT2D eigenvalue weighted by molar-refractivity contribution is 5.94. The van der Waals surface area contributed by atoms with E-state index in [1.165, 1.54) is 4.57 Å². The van der Waals surface area contributed by atoms with Crippen molar-refractivity contribution < 1.29 is 19.7 Å². The number of phenols is 1. The molecule has 3 N–H and O–H groups in total. The molecule has 4 rings (SSSR count).